The quantitative estimate of drug-likeness (QED) is 0.636. The molecule has 0 bridgehead atoms. The van der Waals surface area contributed by atoms with E-state index < -0.39 is 12.2 Å². The molecule has 0 saturated heterocycles. The Hall–Kier alpha value is -0.600. The van der Waals surface area contributed by atoms with Gasteiger partial charge in [0.15, 0.2) is 0 Å². The van der Waals surface area contributed by atoms with Gasteiger partial charge in [-0.25, -0.2) is 0 Å². The molecule has 0 saturated carbocycles. The molecule has 0 aromatic carbocycles. The minimum Gasteiger partial charge on any atom is -0.393 e. The maximum Gasteiger partial charge on any atom is 0.0811 e. The average Bonchev–Trinajstić information content (AvgIpc) is 2.35. The van der Waals surface area contributed by atoms with Crippen LogP contribution in [0, 0.1) is 0 Å². The van der Waals surface area contributed by atoms with Gasteiger partial charge >= 0.3 is 0 Å². The fourth-order valence-corrected chi connectivity index (χ4v) is 1.18. The summed E-state index contributed by atoms with van der Waals surface area (Å²) in [4.78, 5) is 0. The Balaban J connectivity index is 2.41. The predicted molar refractivity (Wildman–Crippen MR) is 44.1 cm³/mol. The van der Waals surface area contributed by atoms with E-state index in [1.165, 1.54) is 0 Å². The van der Waals surface area contributed by atoms with Crippen molar-refractivity contribution in [2.45, 2.75) is 32.0 Å². The normalized spacial score (nSPS) is 21.5. The van der Waals surface area contributed by atoms with Crippen molar-refractivity contribution in [2.24, 2.45) is 0 Å². The minimum absolute atomic E-state index is 0.427. The summed E-state index contributed by atoms with van der Waals surface area (Å²) in [7, 11) is 0. The van der Waals surface area contributed by atoms with Crippen molar-refractivity contribution in [3.8, 4) is 0 Å². The van der Waals surface area contributed by atoms with E-state index in [-0.39, 0.29) is 0 Å². The van der Waals surface area contributed by atoms with Gasteiger partial charge in [0.25, 0.3) is 0 Å². The lowest BCUT2D eigenvalue weighted by molar-refractivity contribution is 0.112. The third-order valence-electron chi connectivity index (χ3n) is 1.75. The van der Waals surface area contributed by atoms with E-state index >= 15 is 0 Å². The van der Waals surface area contributed by atoms with Crippen molar-refractivity contribution < 1.29 is 10.2 Å². The molecule has 11 heavy (non-hydrogen) atoms. The van der Waals surface area contributed by atoms with Gasteiger partial charge in [0.1, 0.15) is 0 Å². The van der Waals surface area contributed by atoms with Gasteiger partial charge in [-0.2, -0.15) is 0 Å². The van der Waals surface area contributed by atoms with Gasteiger partial charge in [-0.3, -0.25) is 0 Å². The number of allylic oxidation sites excluding steroid dienone is 2. The first-order valence-corrected chi connectivity index (χ1v) is 3.93. The molecule has 1 rings (SSSR count). The van der Waals surface area contributed by atoms with E-state index in [2.05, 4.69) is 0 Å². The molecule has 2 atom stereocenters. The van der Waals surface area contributed by atoms with Crippen molar-refractivity contribution in [3.05, 3.63) is 23.8 Å². The molecule has 0 amide bonds. The van der Waals surface area contributed by atoms with Crippen LogP contribution in [0.4, 0.5) is 0 Å². The number of hydrogen-bond acceptors (Lipinski definition) is 2. The number of rotatable bonds is 3. The summed E-state index contributed by atoms with van der Waals surface area (Å²) in [5, 5.41) is 18.4. The van der Waals surface area contributed by atoms with Crippen LogP contribution in [0.25, 0.3) is 0 Å². The van der Waals surface area contributed by atoms with Crippen LogP contribution in [-0.4, -0.2) is 22.4 Å². The summed E-state index contributed by atoms with van der Waals surface area (Å²) in [6.45, 7) is 1.68. The minimum atomic E-state index is -0.492. The van der Waals surface area contributed by atoms with Crippen LogP contribution in [0.5, 0.6) is 0 Å². The largest absolute Gasteiger partial charge is 0.393 e. The first-order valence-electron chi connectivity index (χ1n) is 3.93. The molecular formula is C9H14O2. The molecular weight excluding hydrogens is 140 g/mol. The topological polar surface area (TPSA) is 40.5 Å². The SMILES string of the molecule is CC(O)CC(O)C1=CCC=C1. The van der Waals surface area contributed by atoms with Crippen molar-refractivity contribution in [3.63, 3.8) is 0 Å². The molecule has 1 aliphatic rings. The van der Waals surface area contributed by atoms with Gasteiger partial charge in [0.05, 0.1) is 12.2 Å². The smallest absolute Gasteiger partial charge is 0.0811 e. The summed E-state index contributed by atoms with van der Waals surface area (Å²) < 4.78 is 0. The predicted octanol–water partition coefficient (Wildman–Crippen LogP) is 1.00. The third kappa shape index (κ3) is 2.48. The van der Waals surface area contributed by atoms with E-state index in [1.54, 1.807) is 6.92 Å². The van der Waals surface area contributed by atoms with Crippen LogP contribution in [0.15, 0.2) is 23.8 Å². The number of hydrogen-bond donors (Lipinski definition) is 2. The molecule has 0 fully saturated rings. The highest BCUT2D eigenvalue weighted by Gasteiger charge is 2.12. The van der Waals surface area contributed by atoms with Gasteiger partial charge < -0.3 is 10.2 Å². The van der Waals surface area contributed by atoms with Crippen LogP contribution in [-0.2, 0) is 0 Å². The van der Waals surface area contributed by atoms with Gasteiger partial charge in [-0.05, 0) is 18.9 Å². The summed E-state index contributed by atoms with van der Waals surface area (Å²) in [6.07, 6.45) is 6.30. The Morgan fingerprint density at radius 3 is 2.73 bits per heavy atom. The fraction of sp³-hybridized carbons (Fsp3) is 0.556. The Morgan fingerprint density at radius 1 is 1.55 bits per heavy atom. The van der Waals surface area contributed by atoms with Crippen molar-refractivity contribution >= 4 is 0 Å². The lowest BCUT2D eigenvalue weighted by Gasteiger charge is -2.11. The van der Waals surface area contributed by atoms with Crippen molar-refractivity contribution in [1.29, 1.82) is 0 Å². The zero-order valence-electron chi connectivity index (χ0n) is 6.70. The second kappa shape index (κ2) is 3.69. The number of aliphatic hydroxyl groups is 2. The zero-order valence-corrected chi connectivity index (χ0v) is 6.70. The van der Waals surface area contributed by atoms with Gasteiger partial charge in [-0.1, -0.05) is 18.2 Å². The first kappa shape index (κ1) is 8.50. The highest BCUT2D eigenvalue weighted by molar-refractivity contribution is 5.29. The monoisotopic (exact) mass is 154 g/mol. The Morgan fingerprint density at radius 2 is 2.27 bits per heavy atom. The maximum atomic E-state index is 9.44. The molecule has 2 nitrogen and oxygen atoms in total. The van der Waals surface area contributed by atoms with Crippen LogP contribution >= 0.6 is 0 Å². The lowest BCUT2D eigenvalue weighted by atomic mass is 10.1. The summed E-state index contributed by atoms with van der Waals surface area (Å²) in [5.74, 6) is 0. The van der Waals surface area contributed by atoms with Crippen LogP contribution < -0.4 is 0 Å². The van der Waals surface area contributed by atoms with E-state index in [9.17, 15) is 5.11 Å². The van der Waals surface area contributed by atoms with E-state index in [0.29, 0.717) is 6.42 Å². The van der Waals surface area contributed by atoms with E-state index in [4.69, 9.17) is 5.11 Å². The van der Waals surface area contributed by atoms with Crippen LogP contribution in [0.2, 0.25) is 0 Å². The molecule has 62 valence electrons. The lowest BCUT2D eigenvalue weighted by Crippen LogP contribution is -2.15. The molecule has 1 aliphatic carbocycles. The molecule has 0 aliphatic heterocycles. The van der Waals surface area contributed by atoms with E-state index in [1.807, 2.05) is 18.2 Å². The molecule has 2 unspecified atom stereocenters. The molecule has 0 spiro atoms. The highest BCUT2D eigenvalue weighted by Crippen LogP contribution is 2.16. The Kier molecular flexibility index (Phi) is 2.85. The average molecular weight is 154 g/mol. The Bertz CT molecular complexity index is 180. The standard InChI is InChI=1S/C9H14O2/c1-7(10)6-9(11)8-4-2-3-5-8/h2,4-5,7,9-11H,3,6H2,1H3. The summed E-state index contributed by atoms with van der Waals surface area (Å²) >= 11 is 0. The van der Waals surface area contributed by atoms with Crippen LogP contribution in [0.3, 0.4) is 0 Å². The highest BCUT2D eigenvalue weighted by atomic mass is 16.3. The Labute approximate surface area is 66.9 Å². The molecule has 2 heteroatoms. The summed E-state index contributed by atoms with van der Waals surface area (Å²) in [6, 6.07) is 0. The van der Waals surface area contributed by atoms with Crippen molar-refractivity contribution in [1.82, 2.24) is 0 Å². The molecule has 2 N–H and O–H groups in total. The molecule has 0 heterocycles. The molecule has 0 aromatic rings. The number of aliphatic hydroxyl groups excluding tert-OH is 2. The maximum absolute atomic E-state index is 9.44. The fourth-order valence-electron chi connectivity index (χ4n) is 1.18. The first-order chi connectivity index (χ1) is 5.20. The third-order valence-corrected chi connectivity index (χ3v) is 1.75. The zero-order chi connectivity index (χ0) is 8.27. The van der Waals surface area contributed by atoms with Gasteiger partial charge in [0, 0.05) is 6.42 Å². The van der Waals surface area contributed by atoms with Gasteiger partial charge in [0.2, 0.25) is 0 Å². The van der Waals surface area contributed by atoms with Crippen molar-refractivity contribution in [2.75, 3.05) is 0 Å². The second-order valence-corrected chi connectivity index (χ2v) is 2.94. The molecule has 0 radical (unpaired) electrons. The van der Waals surface area contributed by atoms with E-state index in [0.717, 1.165) is 12.0 Å². The van der Waals surface area contributed by atoms with Crippen LogP contribution in [0.1, 0.15) is 19.8 Å². The second-order valence-electron chi connectivity index (χ2n) is 2.94. The summed E-state index contributed by atoms with van der Waals surface area (Å²) in [5.41, 5.74) is 0.936. The van der Waals surface area contributed by atoms with Gasteiger partial charge in [-0.15, -0.1) is 0 Å². The molecule has 0 aromatic heterocycles.